The van der Waals surface area contributed by atoms with Crippen molar-refractivity contribution in [2.45, 2.75) is 82.2 Å². The van der Waals surface area contributed by atoms with Crippen LogP contribution in [0, 0.1) is 0 Å². The van der Waals surface area contributed by atoms with E-state index in [1.165, 1.54) is 18.2 Å². The molecule has 0 aliphatic carbocycles. The number of aryl methyl sites for hydroxylation is 2. The highest BCUT2D eigenvalue weighted by Crippen LogP contribution is 2.62. The first-order valence-corrected chi connectivity index (χ1v) is 22.0. The monoisotopic (exact) mass is 913 g/mol. The number of anilines is 1. The molecule has 0 bridgehead atoms. The van der Waals surface area contributed by atoms with E-state index in [4.69, 9.17) is 34.9 Å². The zero-order valence-corrected chi connectivity index (χ0v) is 34.5. The number of rotatable bonds is 13. The van der Waals surface area contributed by atoms with Gasteiger partial charge in [0.05, 0.1) is 30.5 Å². The van der Waals surface area contributed by atoms with Gasteiger partial charge in [0, 0.05) is 54.1 Å². The number of esters is 2. The Hall–Kier alpha value is -4.84. The lowest BCUT2D eigenvalue weighted by atomic mass is 9.74. The molecular formula is C41H39ClF6N3O10P. The van der Waals surface area contributed by atoms with Gasteiger partial charge in [-0.2, -0.15) is 26.3 Å². The summed E-state index contributed by atoms with van der Waals surface area (Å²) < 4.78 is 122. The van der Waals surface area contributed by atoms with Crippen LogP contribution >= 0.6 is 19.2 Å². The molecule has 0 saturated carbocycles. The van der Waals surface area contributed by atoms with Crippen molar-refractivity contribution < 1.29 is 73.3 Å². The number of carbonyl (C=O) groups excluding carboxylic acids is 4. The molecule has 0 radical (unpaired) electrons. The van der Waals surface area contributed by atoms with E-state index in [-0.39, 0.29) is 97.8 Å². The summed E-state index contributed by atoms with van der Waals surface area (Å²) in [5.41, 5.74) is 2.89. The molecule has 3 aromatic rings. The highest BCUT2D eigenvalue weighted by molar-refractivity contribution is 7.62. The van der Waals surface area contributed by atoms with E-state index in [9.17, 15) is 50.1 Å². The molecule has 5 aliphatic rings. The Morgan fingerprint density at radius 1 is 0.758 bits per heavy atom. The molecule has 62 heavy (non-hydrogen) atoms. The van der Waals surface area contributed by atoms with Gasteiger partial charge >= 0.3 is 43.7 Å². The Morgan fingerprint density at radius 2 is 1.37 bits per heavy atom. The van der Waals surface area contributed by atoms with Crippen molar-refractivity contribution in [3.05, 3.63) is 74.3 Å². The van der Waals surface area contributed by atoms with Crippen LogP contribution in [0.4, 0.5) is 32.0 Å². The van der Waals surface area contributed by atoms with Crippen molar-refractivity contribution in [3.8, 4) is 17.2 Å². The van der Waals surface area contributed by atoms with Gasteiger partial charge in [0.15, 0.2) is 17.1 Å². The number of unbranched alkanes of at least 4 members (excludes halogenated alkanes) is 2. The van der Waals surface area contributed by atoms with E-state index in [2.05, 4.69) is 4.90 Å². The standard InChI is InChI=1S/C41H39ClF6N3O10P/c42-31-33-23(9-12-30(52)59-33)20-29-35(31)60-34-26-8-6-16-51-15-5-7-22(32(26)51)19-28(34)39(29)27-21-24(10-11-25(27)36(53)61-39)62(56,57-17-3-1-13-49-37(54)40(43,44)45)58-18-4-2-14-50-38(55)41(46,47)48/h10-11,19-21H,1-9,12-18H2,(H,49,54)(H,50,55). The van der Waals surface area contributed by atoms with E-state index in [1.807, 2.05) is 6.07 Å². The first-order valence-electron chi connectivity index (χ1n) is 20.1. The molecule has 8 rings (SSSR count). The van der Waals surface area contributed by atoms with Crippen LogP contribution < -0.4 is 30.3 Å². The van der Waals surface area contributed by atoms with Crippen molar-refractivity contribution >= 4 is 53.9 Å². The van der Waals surface area contributed by atoms with Crippen LogP contribution in [0.2, 0.25) is 5.02 Å². The molecule has 1 spiro atoms. The van der Waals surface area contributed by atoms with Crippen molar-refractivity contribution in [2.75, 3.05) is 44.3 Å². The van der Waals surface area contributed by atoms with E-state index in [1.54, 1.807) is 16.7 Å². The normalized spacial score (nSPS) is 18.7. The van der Waals surface area contributed by atoms with Gasteiger partial charge in [-0.1, -0.05) is 11.6 Å². The molecule has 2 amide bonds. The summed E-state index contributed by atoms with van der Waals surface area (Å²) in [5.74, 6) is -4.84. The second kappa shape index (κ2) is 16.7. The number of benzene rings is 3. The molecule has 13 nitrogen and oxygen atoms in total. The molecule has 5 heterocycles. The number of ether oxygens (including phenoxy) is 3. The third-order valence-corrected chi connectivity index (χ3v) is 13.7. The smallest absolute Gasteiger partial charge is 0.454 e. The van der Waals surface area contributed by atoms with E-state index < -0.39 is 49.3 Å². The number of halogens is 7. The van der Waals surface area contributed by atoms with Crippen molar-refractivity contribution in [2.24, 2.45) is 0 Å². The molecule has 1 unspecified atom stereocenters. The summed E-state index contributed by atoms with van der Waals surface area (Å²) in [7, 11) is -4.44. The Labute approximate surface area is 355 Å². The second-order valence-corrected chi connectivity index (χ2v) is 17.9. The van der Waals surface area contributed by atoms with E-state index in [0.29, 0.717) is 28.9 Å². The molecule has 0 fully saturated rings. The predicted octanol–water partition coefficient (Wildman–Crippen LogP) is 7.23. The molecular weight excluding hydrogens is 875 g/mol. The molecule has 3 aromatic carbocycles. The van der Waals surface area contributed by atoms with Crippen LogP contribution in [0.1, 0.15) is 88.7 Å². The number of nitrogens with one attached hydrogen (secondary N) is 2. The SMILES string of the molecule is O=C1CCc2cc3c(c(Cl)c2O1)Oc1c(cc2c4c1CCCN4CCC2)C31OC(=O)c2ccc(P(=O)(OCCCCNC(=O)C(F)(F)F)OCCCCNC(=O)C(F)(F)F)cc21. The number of nitrogens with zero attached hydrogens (tertiary/aromatic N) is 1. The van der Waals surface area contributed by atoms with Crippen molar-refractivity contribution in [1.82, 2.24) is 10.6 Å². The van der Waals surface area contributed by atoms with Gasteiger partial charge in [0.1, 0.15) is 10.8 Å². The molecule has 21 heteroatoms. The lowest BCUT2D eigenvalue weighted by Crippen LogP contribution is -2.38. The van der Waals surface area contributed by atoms with Crippen LogP contribution in [0.15, 0.2) is 30.3 Å². The lowest BCUT2D eigenvalue weighted by molar-refractivity contribution is -0.173. The average Bonchev–Trinajstić information content (AvgIpc) is 3.52. The lowest BCUT2D eigenvalue weighted by Gasteiger charge is -2.43. The van der Waals surface area contributed by atoms with Crippen molar-refractivity contribution in [3.63, 3.8) is 0 Å². The van der Waals surface area contributed by atoms with Crippen molar-refractivity contribution in [1.29, 1.82) is 0 Å². The minimum absolute atomic E-state index is 0.00555. The third kappa shape index (κ3) is 8.01. The Bertz CT molecular complexity index is 2370. The fourth-order valence-corrected chi connectivity index (χ4v) is 10.6. The maximum Gasteiger partial charge on any atom is 0.471 e. The molecule has 0 aromatic heterocycles. The largest absolute Gasteiger partial charge is 0.471 e. The maximum absolute atomic E-state index is 14.9. The number of alkyl halides is 6. The van der Waals surface area contributed by atoms with E-state index in [0.717, 1.165) is 49.2 Å². The number of carbonyl (C=O) groups is 4. The van der Waals surface area contributed by atoms with Gasteiger partial charge < -0.3 is 38.8 Å². The summed E-state index contributed by atoms with van der Waals surface area (Å²) in [4.78, 5) is 51.4. The summed E-state index contributed by atoms with van der Waals surface area (Å²) in [6.45, 7) is 0.284. The summed E-state index contributed by atoms with van der Waals surface area (Å²) in [5, 5.41) is 3.44. The minimum Gasteiger partial charge on any atom is -0.454 e. The maximum atomic E-state index is 14.9. The molecule has 332 valence electrons. The molecule has 1 atom stereocenters. The summed E-state index contributed by atoms with van der Waals surface area (Å²) >= 11 is 7.06. The van der Waals surface area contributed by atoms with Crippen LogP contribution in [-0.4, -0.2) is 75.5 Å². The first kappa shape index (κ1) is 43.8. The topological polar surface area (TPSA) is 159 Å². The van der Waals surface area contributed by atoms with Gasteiger partial charge in [-0.15, -0.1) is 0 Å². The second-order valence-electron chi connectivity index (χ2n) is 15.5. The van der Waals surface area contributed by atoms with Crippen LogP contribution in [0.25, 0.3) is 0 Å². The van der Waals surface area contributed by atoms with Crippen LogP contribution in [-0.2, 0) is 57.6 Å². The first-order chi connectivity index (χ1) is 29.4. The number of amides is 2. The number of hydrogen-bond acceptors (Lipinski definition) is 11. The molecule has 2 N–H and O–H groups in total. The van der Waals surface area contributed by atoms with E-state index >= 15 is 0 Å². The van der Waals surface area contributed by atoms with Gasteiger partial charge in [0.25, 0.3) is 0 Å². The zero-order chi connectivity index (χ0) is 44.2. The minimum atomic E-state index is -5.08. The highest BCUT2D eigenvalue weighted by Gasteiger charge is 2.56. The highest BCUT2D eigenvalue weighted by atomic mass is 35.5. The van der Waals surface area contributed by atoms with Gasteiger partial charge in [-0.05, 0) is 99.2 Å². The third-order valence-electron chi connectivity index (χ3n) is 11.4. The number of hydrogen-bond donors (Lipinski definition) is 2. The van der Waals surface area contributed by atoms with Crippen LogP contribution in [0.5, 0.6) is 17.2 Å². The Balaban J connectivity index is 1.18. The average molecular weight is 914 g/mol. The number of fused-ring (bicyclic) bond motifs is 8. The van der Waals surface area contributed by atoms with Gasteiger partial charge in [-0.3, -0.25) is 18.9 Å². The summed E-state index contributed by atoms with van der Waals surface area (Å²) in [6.07, 6.45) is -6.78. The quantitative estimate of drug-likeness (QED) is 0.0586. The predicted molar refractivity (Wildman–Crippen MR) is 208 cm³/mol. The fraction of sp³-hybridized carbons (Fsp3) is 0.463. The van der Waals surface area contributed by atoms with Crippen LogP contribution in [0.3, 0.4) is 0 Å². The molecule has 5 aliphatic heterocycles. The summed E-state index contributed by atoms with van der Waals surface area (Å²) in [6, 6.07) is 7.89. The van der Waals surface area contributed by atoms with Gasteiger partial charge in [-0.25, -0.2) is 4.79 Å². The Kier molecular flexibility index (Phi) is 11.8. The van der Waals surface area contributed by atoms with Gasteiger partial charge in [0.2, 0.25) is 0 Å². The molecule has 0 saturated heterocycles. The Morgan fingerprint density at radius 3 is 2.02 bits per heavy atom. The fourth-order valence-electron chi connectivity index (χ4n) is 8.62. The zero-order valence-electron chi connectivity index (χ0n) is 32.8.